The summed E-state index contributed by atoms with van der Waals surface area (Å²) >= 11 is 0. The lowest BCUT2D eigenvalue weighted by atomic mass is 10.2. The first-order chi connectivity index (χ1) is 8.84. The van der Waals surface area contributed by atoms with Crippen LogP contribution in [-0.4, -0.2) is 33.7 Å². The van der Waals surface area contributed by atoms with Gasteiger partial charge in [0, 0.05) is 13.5 Å². The lowest BCUT2D eigenvalue weighted by molar-refractivity contribution is -0.118. The fourth-order valence-corrected chi connectivity index (χ4v) is 2.47. The van der Waals surface area contributed by atoms with Crippen LogP contribution in [0.25, 0.3) is 0 Å². The first kappa shape index (κ1) is 15.0. The molecular weight excluding hydrogens is 266 g/mol. The zero-order valence-electron chi connectivity index (χ0n) is 10.8. The minimum Gasteiger partial charge on any atom is -0.355 e. The minimum absolute atomic E-state index is 0.118. The second kappa shape index (κ2) is 6.20. The number of rotatable bonds is 5. The van der Waals surface area contributed by atoms with Gasteiger partial charge in [-0.3, -0.25) is 9.10 Å². The highest BCUT2D eigenvalue weighted by atomic mass is 32.2. The molecular formula is C12H15N3O3S. The van der Waals surface area contributed by atoms with Crippen LogP contribution in [0.5, 0.6) is 0 Å². The maximum Gasteiger partial charge on any atom is 0.232 e. The fraction of sp³-hybridized carbons (Fsp3) is 0.333. The van der Waals surface area contributed by atoms with E-state index in [0.717, 1.165) is 10.6 Å². The molecule has 0 spiro atoms. The van der Waals surface area contributed by atoms with Crippen LogP contribution >= 0.6 is 0 Å². The van der Waals surface area contributed by atoms with Gasteiger partial charge in [-0.1, -0.05) is 6.07 Å². The van der Waals surface area contributed by atoms with Crippen molar-refractivity contribution in [1.29, 1.82) is 5.26 Å². The molecule has 1 rings (SSSR count). The quantitative estimate of drug-likeness (QED) is 0.849. The highest BCUT2D eigenvalue weighted by molar-refractivity contribution is 7.92. The lowest BCUT2D eigenvalue weighted by Crippen LogP contribution is -2.37. The average Bonchev–Trinajstić information content (AvgIpc) is 2.33. The molecule has 19 heavy (non-hydrogen) atoms. The number of nitrogens with zero attached hydrogens (tertiary/aromatic N) is 2. The van der Waals surface area contributed by atoms with Crippen molar-refractivity contribution < 1.29 is 13.2 Å². The molecule has 0 saturated carbocycles. The number of amides is 1. The van der Waals surface area contributed by atoms with E-state index in [0.29, 0.717) is 11.3 Å². The second-order valence-electron chi connectivity index (χ2n) is 3.98. The zero-order chi connectivity index (χ0) is 14.5. The largest absolute Gasteiger partial charge is 0.355 e. The Balaban J connectivity index is 2.97. The van der Waals surface area contributed by atoms with Gasteiger partial charge in [-0.15, -0.1) is 0 Å². The highest BCUT2D eigenvalue weighted by Crippen LogP contribution is 2.18. The van der Waals surface area contributed by atoms with Gasteiger partial charge in [0.15, 0.2) is 0 Å². The Morgan fingerprint density at radius 3 is 2.68 bits per heavy atom. The van der Waals surface area contributed by atoms with Crippen LogP contribution < -0.4 is 9.62 Å². The van der Waals surface area contributed by atoms with Crippen LogP contribution in [0.2, 0.25) is 0 Å². The topological polar surface area (TPSA) is 90.3 Å². The Kier molecular flexibility index (Phi) is 4.89. The number of hydrogen-bond acceptors (Lipinski definition) is 4. The third kappa shape index (κ3) is 4.60. The van der Waals surface area contributed by atoms with Crippen molar-refractivity contribution in [3.8, 4) is 6.07 Å². The number of nitrogens with one attached hydrogen (secondary N) is 1. The van der Waals surface area contributed by atoms with E-state index in [-0.39, 0.29) is 19.0 Å². The van der Waals surface area contributed by atoms with Crippen molar-refractivity contribution in [2.75, 3.05) is 23.7 Å². The van der Waals surface area contributed by atoms with Crippen LogP contribution in [0.3, 0.4) is 0 Å². The predicted molar refractivity (Wildman–Crippen MR) is 72.0 cm³/mol. The summed E-state index contributed by atoms with van der Waals surface area (Å²) < 4.78 is 24.6. The SMILES string of the molecule is CC(=O)NCCN(c1cccc(C#N)c1)S(C)(=O)=O. The number of nitriles is 1. The lowest BCUT2D eigenvalue weighted by Gasteiger charge is -2.22. The minimum atomic E-state index is -3.47. The first-order valence-corrected chi connectivity index (χ1v) is 7.41. The van der Waals surface area contributed by atoms with Gasteiger partial charge in [0.1, 0.15) is 0 Å². The molecule has 0 heterocycles. The standard InChI is InChI=1S/C12H15N3O3S/c1-10(16)14-6-7-15(19(2,17)18)12-5-3-4-11(8-12)9-13/h3-5,8H,6-7H2,1-2H3,(H,14,16). The van der Waals surface area contributed by atoms with Crippen molar-refractivity contribution in [3.63, 3.8) is 0 Å². The number of carbonyl (C=O) groups is 1. The number of hydrogen-bond donors (Lipinski definition) is 1. The number of carbonyl (C=O) groups excluding carboxylic acids is 1. The van der Waals surface area contributed by atoms with Crippen LogP contribution in [0.15, 0.2) is 24.3 Å². The molecule has 0 aliphatic rings. The Morgan fingerprint density at radius 1 is 1.47 bits per heavy atom. The van der Waals surface area contributed by atoms with Gasteiger partial charge in [-0.2, -0.15) is 5.26 Å². The van der Waals surface area contributed by atoms with Crippen molar-refractivity contribution in [3.05, 3.63) is 29.8 Å². The molecule has 1 aromatic carbocycles. The summed E-state index contributed by atoms with van der Waals surface area (Å²) in [5.74, 6) is -0.223. The van der Waals surface area contributed by atoms with Gasteiger partial charge in [0.25, 0.3) is 0 Å². The Labute approximate surface area is 112 Å². The average molecular weight is 281 g/mol. The van der Waals surface area contributed by atoms with E-state index in [1.165, 1.54) is 13.0 Å². The third-order valence-electron chi connectivity index (χ3n) is 2.35. The molecule has 0 aromatic heterocycles. The van der Waals surface area contributed by atoms with Gasteiger partial charge < -0.3 is 5.32 Å². The second-order valence-corrected chi connectivity index (χ2v) is 5.89. The smallest absolute Gasteiger partial charge is 0.232 e. The zero-order valence-corrected chi connectivity index (χ0v) is 11.6. The molecule has 0 radical (unpaired) electrons. The molecule has 1 aromatic rings. The highest BCUT2D eigenvalue weighted by Gasteiger charge is 2.17. The Morgan fingerprint density at radius 2 is 2.16 bits per heavy atom. The van der Waals surface area contributed by atoms with Gasteiger partial charge in [0.2, 0.25) is 15.9 Å². The molecule has 0 atom stereocenters. The predicted octanol–water partition coefficient (Wildman–Crippen LogP) is 0.460. The number of benzene rings is 1. The normalized spacial score (nSPS) is 10.6. The molecule has 0 aliphatic carbocycles. The van der Waals surface area contributed by atoms with E-state index < -0.39 is 10.0 Å². The third-order valence-corrected chi connectivity index (χ3v) is 3.55. The van der Waals surface area contributed by atoms with Crippen LogP contribution in [0.1, 0.15) is 12.5 Å². The van der Waals surface area contributed by atoms with E-state index in [1.54, 1.807) is 18.2 Å². The van der Waals surface area contributed by atoms with Crippen molar-refractivity contribution in [2.24, 2.45) is 0 Å². The Bertz CT molecular complexity index is 605. The maximum absolute atomic E-state index is 11.7. The molecule has 0 aliphatic heterocycles. The van der Waals surface area contributed by atoms with E-state index >= 15 is 0 Å². The summed E-state index contributed by atoms with van der Waals surface area (Å²) in [7, 11) is -3.47. The molecule has 0 unspecified atom stereocenters. The van der Waals surface area contributed by atoms with Gasteiger partial charge in [0.05, 0.1) is 30.1 Å². The summed E-state index contributed by atoms with van der Waals surface area (Å²) in [5.41, 5.74) is 0.789. The monoisotopic (exact) mass is 281 g/mol. The fourth-order valence-electron chi connectivity index (χ4n) is 1.55. The molecule has 1 N–H and O–H groups in total. The van der Waals surface area contributed by atoms with Crippen molar-refractivity contribution in [2.45, 2.75) is 6.92 Å². The number of anilines is 1. The van der Waals surface area contributed by atoms with Gasteiger partial charge >= 0.3 is 0 Å². The van der Waals surface area contributed by atoms with E-state index in [2.05, 4.69) is 5.32 Å². The van der Waals surface area contributed by atoms with Crippen molar-refractivity contribution >= 4 is 21.6 Å². The number of sulfonamides is 1. The van der Waals surface area contributed by atoms with E-state index in [9.17, 15) is 13.2 Å². The Hall–Kier alpha value is -2.07. The summed E-state index contributed by atoms with van der Waals surface area (Å²) in [5, 5.41) is 11.4. The molecule has 0 bridgehead atoms. The van der Waals surface area contributed by atoms with E-state index in [4.69, 9.17) is 5.26 Å². The summed E-state index contributed by atoms with van der Waals surface area (Å²) in [4.78, 5) is 10.8. The molecule has 102 valence electrons. The van der Waals surface area contributed by atoms with Crippen LogP contribution in [-0.2, 0) is 14.8 Å². The van der Waals surface area contributed by atoms with Crippen LogP contribution in [0.4, 0.5) is 5.69 Å². The van der Waals surface area contributed by atoms with Gasteiger partial charge in [-0.25, -0.2) is 8.42 Å². The molecule has 0 fully saturated rings. The maximum atomic E-state index is 11.7. The molecule has 1 amide bonds. The summed E-state index contributed by atoms with van der Waals surface area (Å²) in [6, 6.07) is 8.27. The summed E-state index contributed by atoms with van der Waals surface area (Å²) in [6.07, 6.45) is 1.08. The van der Waals surface area contributed by atoms with Crippen molar-refractivity contribution in [1.82, 2.24) is 5.32 Å². The van der Waals surface area contributed by atoms with Gasteiger partial charge in [-0.05, 0) is 18.2 Å². The molecule has 0 saturated heterocycles. The van der Waals surface area contributed by atoms with Crippen LogP contribution in [0, 0.1) is 11.3 Å². The molecule has 7 heteroatoms. The first-order valence-electron chi connectivity index (χ1n) is 5.57. The van der Waals surface area contributed by atoms with E-state index in [1.807, 2.05) is 6.07 Å². The summed E-state index contributed by atoms with van der Waals surface area (Å²) in [6.45, 7) is 1.69. The molecule has 6 nitrogen and oxygen atoms in total.